The predicted molar refractivity (Wildman–Crippen MR) is 62.6 cm³/mol. The minimum absolute atomic E-state index is 0.0824. The van der Waals surface area contributed by atoms with Crippen molar-refractivity contribution in [1.29, 1.82) is 0 Å². The molecule has 1 unspecified atom stereocenters. The van der Waals surface area contributed by atoms with Crippen LogP contribution in [0.5, 0.6) is 5.75 Å². The first-order valence-electron chi connectivity index (χ1n) is 5.26. The van der Waals surface area contributed by atoms with Crippen molar-refractivity contribution in [2.24, 2.45) is 5.73 Å². The fraction of sp³-hybridized carbons (Fsp3) is 0.500. The van der Waals surface area contributed by atoms with Gasteiger partial charge in [-0.25, -0.2) is 0 Å². The molecule has 1 atom stereocenters. The van der Waals surface area contributed by atoms with Gasteiger partial charge in [0.2, 0.25) is 0 Å². The van der Waals surface area contributed by atoms with Crippen LogP contribution in [0, 0.1) is 0 Å². The average Bonchev–Trinajstić information content (AvgIpc) is 2.35. The zero-order valence-electron chi connectivity index (χ0n) is 9.81. The fourth-order valence-corrected chi connectivity index (χ4v) is 1.39. The van der Waals surface area contributed by atoms with Gasteiger partial charge in [0.25, 0.3) is 0 Å². The Morgan fingerprint density at radius 3 is 2.31 bits per heavy atom. The first-order chi connectivity index (χ1) is 7.81. The minimum Gasteiger partial charge on any atom is -0.497 e. The van der Waals surface area contributed by atoms with Crippen LogP contribution in [0.3, 0.4) is 0 Å². The van der Waals surface area contributed by atoms with Gasteiger partial charge in [-0.3, -0.25) is 0 Å². The zero-order chi connectivity index (χ0) is 11.8. The molecule has 4 heteroatoms. The Balaban J connectivity index is 2.56. The van der Waals surface area contributed by atoms with Crippen LogP contribution in [0.4, 0.5) is 0 Å². The maximum atomic E-state index is 5.66. The SMILES string of the molecule is COCCOC(CN)c1ccc(OC)cc1. The molecular weight excluding hydrogens is 206 g/mol. The molecule has 16 heavy (non-hydrogen) atoms. The standard InChI is InChI=1S/C12H19NO3/c1-14-7-8-16-12(9-13)10-3-5-11(15-2)6-4-10/h3-6,12H,7-9,13H2,1-2H3. The van der Waals surface area contributed by atoms with E-state index in [0.717, 1.165) is 11.3 Å². The molecule has 1 aromatic rings. The first-order valence-corrected chi connectivity index (χ1v) is 5.26. The van der Waals surface area contributed by atoms with Crippen LogP contribution in [0.2, 0.25) is 0 Å². The van der Waals surface area contributed by atoms with E-state index in [4.69, 9.17) is 19.9 Å². The van der Waals surface area contributed by atoms with Crippen molar-refractivity contribution in [3.8, 4) is 5.75 Å². The molecule has 0 aliphatic rings. The summed E-state index contributed by atoms with van der Waals surface area (Å²) in [6.45, 7) is 1.58. The third-order valence-electron chi connectivity index (χ3n) is 2.31. The van der Waals surface area contributed by atoms with Crippen molar-refractivity contribution in [3.05, 3.63) is 29.8 Å². The molecule has 0 aromatic heterocycles. The van der Waals surface area contributed by atoms with Crippen LogP contribution in [0.1, 0.15) is 11.7 Å². The van der Waals surface area contributed by atoms with Gasteiger partial charge in [0.1, 0.15) is 5.75 Å². The van der Waals surface area contributed by atoms with E-state index in [9.17, 15) is 0 Å². The smallest absolute Gasteiger partial charge is 0.118 e. The molecule has 0 saturated carbocycles. The van der Waals surface area contributed by atoms with Crippen molar-refractivity contribution in [2.75, 3.05) is 34.0 Å². The largest absolute Gasteiger partial charge is 0.497 e. The topological polar surface area (TPSA) is 53.7 Å². The quantitative estimate of drug-likeness (QED) is 0.712. The van der Waals surface area contributed by atoms with Gasteiger partial charge < -0.3 is 19.9 Å². The lowest BCUT2D eigenvalue weighted by Crippen LogP contribution is -2.17. The highest BCUT2D eigenvalue weighted by atomic mass is 16.5. The lowest BCUT2D eigenvalue weighted by Gasteiger charge is -2.16. The van der Waals surface area contributed by atoms with Crippen LogP contribution < -0.4 is 10.5 Å². The van der Waals surface area contributed by atoms with Crippen molar-refractivity contribution in [2.45, 2.75) is 6.10 Å². The molecule has 0 heterocycles. The summed E-state index contributed by atoms with van der Waals surface area (Å²) in [7, 11) is 3.29. The van der Waals surface area contributed by atoms with E-state index in [-0.39, 0.29) is 6.10 Å². The summed E-state index contributed by atoms with van der Waals surface area (Å²) in [5, 5.41) is 0. The molecule has 0 spiro atoms. The maximum Gasteiger partial charge on any atom is 0.118 e. The Kier molecular flexibility index (Phi) is 5.85. The van der Waals surface area contributed by atoms with Crippen LogP contribution in [-0.2, 0) is 9.47 Å². The molecule has 0 radical (unpaired) electrons. The molecule has 0 amide bonds. The molecular formula is C12H19NO3. The number of nitrogens with two attached hydrogens (primary N) is 1. The van der Waals surface area contributed by atoms with Gasteiger partial charge in [-0.15, -0.1) is 0 Å². The number of rotatable bonds is 7. The van der Waals surface area contributed by atoms with Gasteiger partial charge in [-0.05, 0) is 17.7 Å². The zero-order valence-corrected chi connectivity index (χ0v) is 9.81. The molecule has 0 bridgehead atoms. The predicted octanol–water partition coefficient (Wildman–Crippen LogP) is 1.36. The Morgan fingerprint density at radius 2 is 1.81 bits per heavy atom. The lowest BCUT2D eigenvalue weighted by molar-refractivity contribution is 0.0207. The third-order valence-corrected chi connectivity index (χ3v) is 2.31. The van der Waals surface area contributed by atoms with Crippen LogP contribution >= 0.6 is 0 Å². The van der Waals surface area contributed by atoms with Gasteiger partial charge >= 0.3 is 0 Å². The first kappa shape index (κ1) is 13.0. The molecule has 0 fully saturated rings. The summed E-state index contributed by atoms with van der Waals surface area (Å²) in [5.41, 5.74) is 6.72. The van der Waals surface area contributed by atoms with E-state index in [1.807, 2.05) is 24.3 Å². The summed E-state index contributed by atoms with van der Waals surface area (Å²) in [6, 6.07) is 7.72. The van der Waals surface area contributed by atoms with Crippen molar-refractivity contribution >= 4 is 0 Å². The number of hydrogen-bond donors (Lipinski definition) is 1. The molecule has 2 N–H and O–H groups in total. The summed E-state index contributed by atoms with van der Waals surface area (Å²) in [6.07, 6.45) is -0.0824. The second-order valence-corrected chi connectivity index (χ2v) is 3.36. The molecule has 4 nitrogen and oxygen atoms in total. The van der Waals surface area contributed by atoms with Crippen molar-refractivity contribution in [1.82, 2.24) is 0 Å². The second-order valence-electron chi connectivity index (χ2n) is 3.36. The number of methoxy groups -OCH3 is 2. The summed E-state index contributed by atoms with van der Waals surface area (Å²) >= 11 is 0. The summed E-state index contributed by atoms with van der Waals surface area (Å²) in [4.78, 5) is 0. The normalized spacial score (nSPS) is 12.4. The molecule has 0 aliphatic carbocycles. The minimum atomic E-state index is -0.0824. The Bertz CT molecular complexity index is 287. The van der Waals surface area contributed by atoms with E-state index in [0.29, 0.717) is 19.8 Å². The molecule has 1 rings (SSSR count). The highest BCUT2D eigenvalue weighted by Crippen LogP contribution is 2.19. The third kappa shape index (κ3) is 3.81. The highest BCUT2D eigenvalue weighted by molar-refractivity contribution is 5.28. The van der Waals surface area contributed by atoms with Gasteiger partial charge in [-0.2, -0.15) is 0 Å². The highest BCUT2D eigenvalue weighted by Gasteiger charge is 2.09. The molecule has 0 saturated heterocycles. The lowest BCUT2D eigenvalue weighted by atomic mass is 10.1. The summed E-state index contributed by atoms with van der Waals surface area (Å²) < 4.78 is 15.6. The van der Waals surface area contributed by atoms with Crippen LogP contribution in [-0.4, -0.2) is 34.0 Å². The van der Waals surface area contributed by atoms with Gasteiger partial charge in [-0.1, -0.05) is 12.1 Å². The van der Waals surface area contributed by atoms with Gasteiger partial charge in [0, 0.05) is 13.7 Å². The van der Waals surface area contributed by atoms with Gasteiger partial charge in [0.15, 0.2) is 0 Å². The fourth-order valence-electron chi connectivity index (χ4n) is 1.39. The number of benzene rings is 1. The van der Waals surface area contributed by atoms with E-state index in [1.54, 1.807) is 14.2 Å². The van der Waals surface area contributed by atoms with E-state index in [2.05, 4.69) is 0 Å². The van der Waals surface area contributed by atoms with Crippen LogP contribution in [0.25, 0.3) is 0 Å². The van der Waals surface area contributed by atoms with E-state index in [1.165, 1.54) is 0 Å². The average molecular weight is 225 g/mol. The monoisotopic (exact) mass is 225 g/mol. The van der Waals surface area contributed by atoms with E-state index >= 15 is 0 Å². The molecule has 90 valence electrons. The second kappa shape index (κ2) is 7.22. The number of hydrogen-bond acceptors (Lipinski definition) is 4. The van der Waals surface area contributed by atoms with Crippen molar-refractivity contribution < 1.29 is 14.2 Å². The molecule has 1 aromatic carbocycles. The Morgan fingerprint density at radius 1 is 1.12 bits per heavy atom. The summed E-state index contributed by atoms with van der Waals surface area (Å²) in [5.74, 6) is 0.830. The Hall–Kier alpha value is -1.10. The maximum absolute atomic E-state index is 5.66. The van der Waals surface area contributed by atoms with Crippen molar-refractivity contribution in [3.63, 3.8) is 0 Å². The van der Waals surface area contributed by atoms with Gasteiger partial charge in [0.05, 0.1) is 26.4 Å². The molecule has 0 aliphatic heterocycles. The van der Waals surface area contributed by atoms with E-state index < -0.39 is 0 Å². The number of ether oxygens (including phenoxy) is 3. The van der Waals surface area contributed by atoms with Crippen LogP contribution in [0.15, 0.2) is 24.3 Å². The Labute approximate surface area is 96.3 Å².